The Morgan fingerprint density at radius 2 is 2.00 bits per heavy atom. The molecule has 0 aliphatic carbocycles. The summed E-state index contributed by atoms with van der Waals surface area (Å²) in [6.45, 7) is 0. The minimum atomic E-state index is -0.101. The van der Waals surface area contributed by atoms with Gasteiger partial charge in [0, 0.05) is 10.7 Å². The molecule has 0 atom stereocenters. The van der Waals surface area contributed by atoms with Crippen LogP contribution in [0.2, 0.25) is 0 Å². The third-order valence-electron chi connectivity index (χ3n) is 2.09. The highest BCUT2D eigenvalue weighted by Crippen LogP contribution is 2.27. The highest BCUT2D eigenvalue weighted by molar-refractivity contribution is 14.1. The molecule has 0 saturated carbocycles. The molecule has 10 heteroatoms. The van der Waals surface area contributed by atoms with Crippen LogP contribution in [0.5, 0.6) is 0 Å². The van der Waals surface area contributed by atoms with Crippen LogP contribution in [0.4, 0.5) is 11.6 Å². The van der Waals surface area contributed by atoms with E-state index >= 15 is 0 Å². The number of nitrogen functional groups attached to an aromatic ring is 1. The number of anilines is 2. The number of carbonyl (C=O) groups is 1. The first-order valence-corrected chi connectivity index (χ1v) is 9.43. The van der Waals surface area contributed by atoms with Crippen LogP contribution in [-0.2, 0) is 4.79 Å². The topological polar surface area (TPSA) is 96.7 Å². The van der Waals surface area contributed by atoms with Crippen LogP contribution in [0.25, 0.3) is 0 Å². The molecule has 1 amide bonds. The molecule has 0 radical (unpaired) electrons. The van der Waals surface area contributed by atoms with Gasteiger partial charge in [-0.1, -0.05) is 11.8 Å². The second kappa shape index (κ2) is 7.44. The normalized spacial score (nSPS) is 10.6. The average Bonchev–Trinajstić information content (AvgIpc) is 2.77. The summed E-state index contributed by atoms with van der Waals surface area (Å²) < 4.78 is 3.17. The summed E-state index contributed by atoms with van der Waals surface area (Å²) in [4.78, 5) is 15.9. The number of aromatic amines is 1. The van der Waals surface area contributed by atoms with Gasteiger partial charge >= 0.3 is 0 Å². The Balaban J connectivity index is 1.98. The number of nitrogens with two attached hydrogens (primary N) is 1. The van der Waals surface area contributed by atoms with Crippen molar-refractivity contribution < 1.29 is 4.79 Å². The van der Waals surface area contributed by atoms with Crippen LogP contribution in [0.3, 0.4) is 0 Å². The fraction of sp³-hybridized carbons (Fsp3) is 0.100. The molecule has 1 heterocycles. The van der Waals surface area contributed by atoms with E-state index in [1.54, 1.807) is 0 Å². The maximum absolute atomic E-state index is 11.9. The molecule has 0 spiro atoms. The van der Waals surface area contributed by atoms with E-state index in [2.05, 4.69) is 88.3 Å². The monoisotopic (exact) mass is 627 g/mol. The third-order valence-corrected chi connectivity index (χ3v) is 5.26. The molecular formula is C10H8I3N5OS. The van der Waals surface area contributed by atoms with E-state index in [1.807, 2.05) is 12.1 Å². The maximum atomic E-state index is 11.9. The smallest absolute Gasteiger partial charge is 0.234 e. The van der Waals surface area contributed by atoms with E-state index in [-0.39, 0.29) is 17.6 Å². The van der Waals surface area contributed by atoms with Gasteiger partial charge < -0.3 is 11.1 Å². The summed E-state index contributed by atoms with van der Waals surface area (Å²) in [5, 5.41) is 9.76. The van der Waals surface area contributed by atoms with E-state index in [4.69, 9.17) is 5.73 Å². The molecule has 20 heavy (non-hydrogen) atoms. The molecule has 6 nitrogen and oxygen atoms in total. The summed E-state index contributed by atoms with van der Waals surface area (Å²) in [6, 6.07) is 4.03. The molecule has 1 aromatic heterocycles. The number of hydrogen-bond donors (Lipinski definition) is 3. The van der Waals surface area contributed by atoms with Gasteiger partial charge in [-0.25, -0.2) is 5.10 Å². The van der Waals surface area contributed by atoms with Gasteiger partial charge in [0.05, 0.1) is 11.4 Å². The molecule has 0 bridgehead atoms. The summed E-state index contributed by atoms with van der Waals surface area (Å²) in [7, 11) is 0. The van der Waals surface area contributed by atoms with Crippen molar-refractivity contribution >= 4 is 97.1 Å². The van der Waals surface area contributed by atoms with Gasteiger partial charge in [-0.15, -0.1) is 5.10 Å². The molecule has 0 aliphatic heterocycles. The lowest BCUT2D eigenvalue weighted by Crippen LogP contribution is -2.16. The first-order valence-electron chi connectivity index (χ1n) is 5.21. The number of hydrogen-bond acceptors (Lipinski definition) is 5. The zero-order valence-corrected chi connectivity index (χ0v) is 17.1. The van der Waals surface area contributed by atoms with E-state index in [1.165, 1.54) is 11.8 Å². The highest BCUT2D eigenvalue weighted by atomic mass is 127. The van der Waals surface area contributed by atoms with E-state index in [9.17, 15) is 4.79 Å². The molecule has 2 rings (SSSR count). The molecule has 0 unspecified atom stereocenters. The summed E-state index contributed by atoms with van der Waals surface area (Å²) in [5.74, 6) is 0.375. The van der Waals surface area contributed by atoms with Gasteiger partial charge in [-0.05, 0) is 79.9 Å². The molecule has 2 aromatic rings. The maximum Gasteiger partial charge on any atom is 0.234 e. The standard InChI is InChI=1S/C10H8I3N5OS/c11-4-1-5(12)8(6(13)2-4)15-7(19)3-20-10-16-9(14)17-18-10/h1-2H,3H2,(H,15,19)(H3,14,16,17,18). The number of H-pyrrole nitrogens is 1. The van der Waals surface area contributed by atoms with Crippen LogP contribution < -0.4 is 11.1 Å². The zero-order chi connectivity index (χ0) is 14.7. The van der Waals surface area contributed by atoms with Gasteiger partial charge in [0.15, 0.2) is 0 Å². The summed E-state index contributed by atoms with van der Waals surface area (Å²) in [5.41, 5.74) is 6.26. The Kier molecular flexibility index (Phi) is 6.15. The van der Waals surface area contributed by atoms with Crippen LogP contribution in [-0.4, -0.2) is 26.8 Å². The van der Waals surface area contributed by atoms with E-state index in [0.29, 0.717) is 5.16 Å². The number of carbonyl (C=O) groups excluding carboxylic acids is 1. The number of halogens is 3. The van der Waals surface area contributed by atoms with E-state index < -0.39 is 0 Å². The average molecular weight is 627 g/mol. The molecule has 1 aromatic carbocycles. The van der Waals surface area contributed by atoms with Crippen LogP contribution in [0.15, 0.2) is 17.3 Å². The molecule has 0 aliphatic rings. The third kappa shape index (κ3) is 4.59. The Bertz CT molecular complexity index is 625. The first kappa shape index (κ1) is 16.5. The zero-order valence-electron chi connectivity index (χ0n) is 9.78. The fourth-order valence-corrected chi connectivity index (χ4v) is 5.75. The molecule has 106 valence electrons. The second-order valence-electron chi connectivity index (χ2n) is 3.58. The highest BCUT2D eigenvalue weighted by Gasteiger charge is 2.12. The number of nitrogens with one attached hydrogen (secondary N) is 2. The Hall–Kier alpha value is 0.170. The number of aromatic nitrogens is 3. The Morgan fingerprint density at radius 3 is 2.55 bits per heavy atom. The van der Waals surface area contributed by atoms with Gasteiger partial charge in [0.2, 0.25) is 17.0 Å². The van der Waals surface area contributed by atoms with Crippen molar-refractivity contribution in [3.63, 3.8) is 0 Å². The largest absolute Gasteiger partial charge is 0.368 e. The lowest BCUT2D eigenvalue weighted by Gasteiger charge is -2.09. The van der Waals surface area contributed by atoms with Gasteiger partial charge in [-0.2, -0.15) is 4.98 Å². The van der Waals surface area contributed by atoms with Gasteiger partial charge in [0.1, 0.15) is 0 Å². The predicted octanol–water partition coefficient (Wildman–Crippen LogP) is 2.93. The van der Waals surface area contributed by atoms with Crippen molar-refractivity contribution in [1.82, 2.24) is 15.2 Å². The quantitative estimate of drug-likeness (QED) is 0.358. The number of nitrogens with zero attached hydrogens (tertiary/aromatic N) is 2. The first-order chi connectivity index (χ1) is 9.45. The van der Waals surface area contributed by atoms with Gasteiger partial charge in [-0.3, -0.25) is 4.79 Å². The number of rotatable bonds is 4. The summed E-state index contributed by atoms with van der Waals surface area (Å²) in [6.07, 6.45) is 0. The molecule has 0 saturated heterocycles. The number of benzene rings is 1. The minimum Gasteiger partial charge on any atom is -0.368 e. The van der Waals surface area contributed by atoms with Crippen LogP contribution >= 0.6 is 79.5 Å². The van der Waals surface area contributed by atoms with Crippen LogP contribution in [0, 0.1) is 10.7 Å². The Labute approximate surface area is 160 Å². The number of amides is 1. The lowest BCUT2D eigenvalue weighted by atomic mass is 10.3. The molecule has 4 N–H and O–H groups in total. The molecular weight excluding hydrogens is 619 g/mol. The van der Waals surface area contributed by atoms with Crippen LogP contribution in [0.1, 0.15) is 0 Å². The van der Waals surface area contributed by atoms with Crippen molar-refractivity contribution in [3.05, 3.63) is 22.8 Å². The van der Waals surface area contributed by atoms with Crippen molar-refractivity contribution in [2.75, 3.05) is 16.8 Å². The number of thioether (sulfide) groups is 1. The predicted molar refractivity (Wildman–Crippen MR) is 105 cm³/mol. The fourth-order valence-electron chi connectivity index (χ4n) is 1.29. The van der Waals surface area contributed by atoms with Crippen molar-refractivity contribution in [3.8, 4) is 0 Å². The van der Waals surface area contributed by atoms with Gasteiger partial charge in [0.25, 0.3) is 0 Å². The SMILES string of the molecule is Nc1nc(SCC(=O)Nc2c(I)cc(I)cc2I)n[nH]1. The lowest BCUT2D eigenvalue weighted by molar-refractivity contribution is -0.113. The minimum absolute atomic E-state index is 0.101. The van der Waals surface area contributed by atoms with Crippen molar-refractivity contribution in [1.29, 1.82) is 0 Å². The molecule has 0 fully saturated rings. The van der Waals surface area contributed by atoms with E-state index in [0.717, 1.165) is 16.4 Å². The second-order valence-corrected chi connectivity index (χ2v) is 8.10. The van der Waals surface area contributed by atoms with Crippen molar-refractivity contribution in [2.24, 2.45) is 0 Å². The Morgan fingerprint density at radius 1 is 1.35 bits per heavy atom. The van der Waals surface area contributed by atoms with Crippen molar-refractivity contribution in [2.45, 2.75) is 5.16 Å². The summed E-state index contributed by atoms with van der Waals surface area (Å²) >= 11 is 7.90.